The van der Waals surface area contributed by atoms with Crippen molar-refractivity contribution in [3.63, 3.8) is 0 Å². The summed E-state index contributed by atoms with van der Waals surface area (Å²) in [6, 6.07) is 22.9. The van der Waals surface area contributed by atoms with Crippen molar-refractivity contribution in [2.45, 2.75) is 25.1 Å². The number of nitrogens with zero attached hydrogens (tertiary/aromatic N) is 2. The van der Waals surface area contributed by atoms with Gasteiger partial charge in [-0.3, -0.25) is 0 Å². The van der Waals surface area contributed by atoms with E-state index in [1.807, 2.05) is 12.5 Å². The summed E-state index contributed by atoms with van der Waals surface area (Å²) in [6.07, 6.45) is 8.20. The van der Waals surface area contributed by atoms with Gasteiger partial charge in [-0.1, -0.05) is 72.3 Å². The molecule has 0 amide bonds. The van der Waals surface area contributed by atoms with Gasteiger partial charge in [0.1, 0.15) is 0 Å². The number of allylic oxidation sites excluding steroid dienone is 2. The van der Waals surface area contributed by atoms with E-state index < -0.39 is 9.52 Å². The van der Waals surface area contributed by atoms with E-state index in [9.17, 15) is 0 Å². The monoisotopic (exact) mass is 332 g/mol. The first-order valence-corrected chi connectivity index (χ1v) is 10.2. The third-order valence-corrected chi connectivity index (χ3v) is 7.77. The second-order valence-corrected chi connectivity index (χ2v) is 8.22. The summed E-state index contributed by atoms with van der Waals surface area (Å²) in [6.45, 7) is 4.37. The van der Waals surface area contributed by atoms with Gasteiger partial charge in [0.15, 0.2) is 0 Å². The Labute approximate surface area is 146 Å². The van der Waals surface area contributed by atoms with E-state index in [4.69, 9.17) is 0 Å². The molecule has 2 nitrogen and oxygen atoms in total. The minimum absolute atomic E-state index is 0.108. The first-order chi connectivity index (χ1) is 11.8. The van der Waals surface area contributed by atoms with Crippen molar-refractivity contribution in [1.29, 1.82) is 0 Å². The zero-order valence-electron chi connectivity index (χ0n) is 14.4. The molecule has 0 bridgehead atoms. The summed E-state index contributed by atoms with van der Waals surface area (Å²) in [7, 11) is -0.551. The van der Waals surface area contributed by atoms with Gasteiger partial charge >= 0.3 is 0 Å². The molecule has 1 aromatic heterocycles. The highest BCUT2D eigenvalue weighted by Crippen LogP contribution is 2.34. The minimum atomic E-state index is -0.551. The van der Waals surface area contributed by atoms with Crippen LogP contribution in [-0.4, -0.2) is 19.1 Å². The Balaban J connectivity index is 2.20. The van der Waals surface area contributed by atoms with Crippen LogP contribution in [0.1, 0.15) is 25.0 Å². The van der Waals surface area contributed by atoms with E-state index in [0.29, 0.717) is 0 Å². The maximum absolute atomic E-state index is 4.36. The highest BCUT2D eigenvalue weighted by molar-refractivity contribution is 6.42. The lowest BCUT2D eigenvalue weighted by atomic mass is 9.97. The first-order valence-electron chi connectivity index (χ1n) is 8.48. The highest BCUT2D eigenvalue weighted by Gasteiger charge is 2.35. The van der Waals surface area contributed by atoms with Crippen LogP contribution in [0.25, 0.3) is 0 Å². The Morgan fingerprint density at radius 2 is 1.62 bits per heavy atom. The second-order valence-electron chi connectivity index (χ2n) is 6.20. The van der Waals surface area contributed by atoms with Gasteiger partial charge in [0.25, 0.3) is 0 Å². The normalized spacial score (nSPS) is 12.8. The fraction of sp³-hybridized carbons (Fsp3) is 0.190. The number of imidazole rings is 1. The molecule has 0 atom stereocenters. The van der Waals surface area contributed by atoms with Crippen LogP contribution in [0, 0.1) is 0 Å². The van der Waals surface area contributed by atoms with Crippen LogP contribution in [0.5, 0.6) is 0 Å². The van der Waals surface area contributed by atoms with Gasteiger partial charge in [0.2, 0.25) is 0 Å². The van der Waals surface area contributed by atoms with Crippen molar-refractivity contribution in [3.8, 4) is 0 Å². The number of aromatic nitrogens is 2. The van der Waals surface area contributed by atoms with Gasteiger partial charge in [-0.25, -0.2) is 4.98 Å². The SMILES string of the molecule is CC=C(C)C[SiH2]C(c1ccccc1)(c1ccccc1)n1ccnc1. The lowest BCUT2D eigenvalue weighted by Gasteiger charge is -2.37. The van der Waals surface area contributed by atoms with Crippen molar-refractivity contribution in [2.24, 2.45) is 0 Å². The topological polar surface area (TPSA) is 17.8 Å². The van der Waals surface area contributed by atoms with Crippen molar-refractivity contribution >= 4 is 9.52 Å². The summed E-state index contributed by atoms with van der Waals surface area (Å²) in [4.78, 5) is 4.36. The first kappa shape index (κ1) is 16.5. The maximum atomic E-state index is 4.36. The molecular formula is C21H24N2Si. The summed E-state index contributed by atoms with van der Waals surface area (Å²) in [5, 5.41) is -0.108. The average molecular weight is 333 g/mol. The van der Waals surface area contributed by atoms with Crippen LogP contribution in [0.4, 0.5) is 0 Å². The van der Waals surface area contributed by atoms with Crippen LogP contribution in [0.3, 0.4) is 0 Å². The molecule has 0 radical (unpaired) electrons. The molecule has 0 aliphatic heterocycles. The maximum Gasteiger partial charge on any atom is 0.0953 e. The molecule has 3 rings (SSSR count). The van der Waals surface area contributed by atoms with Gasteiger partial charge in [0.05, 0.1) is 21.0 Å². The zero-order chi connectivity index (χ0) is 16.8. The van der Waals surface area contributed by atoms with E-state index in [1.54, 1.807) is 0 Å². The molecule has 2 aromatic carbocycles. The van der Waals surface area contributed by atoms with E-state index in [1.165, 1.54) is 22.7 Å². The molecule has 0 spiro atoms. The third-order valence-electron chi connectivity index (χ3n) is 4.82. The molecule has 0 N–H and O–H groups in total. The Bertz CT molecular complexity index is 738. The molecule has 24 heavy (non-hydrogen) atoms. The third kappa shape index (κ3) is 3.13. The Morgan fingerprint density at radius 1 is 1.04 bits per heavy atom. The number of rotatable bonds is 6. The molecule has 122 valence electrons. The minimum Gasteiger partial charge on any atom is -0.327 e. The number of hydrogen-bond acceptors (Lipinski definition) is 1. The standard InChI is InChI=1S/C21H24N2Si/c1-3-18(2)16-24-21(23-15-14-22-17-23,19-10-6-4-7-11-19)20-12-8-5-9-13-20/h3-15,17H,16,24H2,1-2H3. The molecule has 0 fully saturated rings. The second kappa shape index (κ2) is 7.45. The summed E-state index contributed by atoms with van der Waals surface area (Å²) >= 11 is 0. The van der Waals surface area contributed by atoms with E-state index >= 15 is 0 Å². The lowest BCUT2D eigenvalue weighted by Crippen LogP contribution is -2.41. The molecule has 0 unspecified atom stereocenters. The molecule has 0 saturated carbocycles. The van der Waals surface area contributed by atoms with E-state index in [2.05, 4.69) is 96.3 Å². The van der Waals surface area contributed by atoms with Crippen LogP contribution < -0.4 is 0 Å². The molecule has 0 saturated heterocycles. The van der Waals surface area contributed by atoms with Crippen LogP contribution in [0.2, 0.25) is 6.04 Å². The van der Waals surface area contributed by atoms with Gasteiger partial charge in [-0.05, 0) is 31.0 Å². The van der Waals surface area contributed by atoms with Crippen molar-refractivity contribution in [3.05, 3.63) is 102 Å². The molecular weight excluding hydrogens is 308 g/mol. The van der Waals surface area contributed by atoms with Crippen molar-refractivity contribution < 1.29 is 0 Å². The fourth-order valence-electron chi connectivity index (χ4n) is 3.32. The average Bonchev–Trinajstić information content (AvgIpc) is 3.19. The number of benzene rings is 2. The molecule has 0 aliphatic rings. The van der Waals surface area contributed by atoms with E-state index in [0.717, 1.165) is 0 Å². The molecule has 3 aromatic rings. The summed E-state index contributed by atoms with van der Waals surface area (Å²) in [5.74, 6) is 0. The van der Waals surface area contributed by atoms with Gasteiger partial charge in [-0.2, -0.15) is 0 Å². The zero-order valence-corrected chi connectivity index (χ0v) is 15.8. The Morgan fingerprint density at radius 3 is 2.08 bits per heavy atom. The molecule has 0 aliphatic carbocycles. The molecule has 3 heteroatoms. The highest BCUT2D eigenvalue weighted by atomic mass is 28.2. The predicted octanol–water partition coefficient (Wildman–Crippen LogP) is 4.19. The summed E-state index contributed by atoms with van der Waals surface area (Å²) < 4.78 is 2.31. The van der Waals surface area contributed by atoms with Gasteiger partial charge in [0, 0.05) is 12.4 Å². The Hall–Kier alpha value is -2.39. The Kier molecular flexibility index (Phi) is 5.11. The quantitative estimate of drug-likeness (QED) is 0.489. The largest absolute Gasteiger partial charge is 0.327 e. The number of hydrogen-bond donors (Lipinski definition) is 0. The van der Waals surface area contributed by atoms with Gasteiger partial charge < -0.3 is 4.57 Å². The van der Waals surface area contributed by atoms with E-state index in [-0.39, 0.29) is 5.16 Å². The van der Waals surface area contributed by atoms with Crippen molar-refractivity contribution in [1.82, 2.24) is 9.55 Å². The molecule has 1 heterocycles. The predicted molar refractivity (Wildman–Crippen MR) is 104 cm³/mol. The lowest BCUT2D eigenvalue weighted by molar-refractivity contribution is 0.592. The van der Waals surface area contributed by atoms with Crippen LogP contribution >= 0.6 is 0 Å². The van der Waals surface area contributed by atoms with Crippen LogP contribution in [-0.2, 0) is 5.16 Å². The van der Waals surface area contributed by atoms with Crippen LogP contribution in [0.15, 0.2) is 91.0 Å². The smallest absolute Gasteiger partial charge is 0.0953 e. The van der Waals surface area contributed by atoms with Gasteiger partial charge in [-0.15, -0.1) is 0 Å². The fourth-order valence-corrected chi connectivity index (χ4v) is 5.86. The van der Waals surface area contributed by atoms with Crippen molar-refractivity contribution in [2.75, 3.05) is 0 Å². The summed E-state index contributed by atoms with van der Waals surface area (Å²) in [5.41, 5.74) is 4.17.